The van der Waals surface area contributed by atoms with Crippen LogP contribution in [0.15, 0.2) is 30.3 Å². The number of rotatable bonds is 7. The second-order valence-corrected chi connectivity index (χ2v) is 7.14. The maximum atomic E-state index is 12.4. The topological polar surface area (TPSA) is 127 Å². The van der Waals surface area contributed by atoms with E-state index < -0.39 is 66.7 Å². The quantitative estimate of drug-likeness (QED) is 0.335. The molecule has 1 aromatic carbocycles. The van der Waals surface area contributed by atoms with Gasteiger partial charge in [-0.1, -0.05) is 30.3 Å². The van der Waals surface area contributed by atoms with Crippen LogP contribution in [0.3, 0.4) is 0 Å². The smallest absolute Gasteiger partial charge is 0.363 e. The number of halogens is 2. The first-order valence-corrected chi connectivity index (χ1v) is 10.3. The summed E-state index contributed by atoms with van der Waals surface area (Å²) < 4.78 is 31.8. The number of benzene rings is 1. The summed E-state index contributed by atoms with van der Waals surface area (Å²) in [7, 11) is 0. The van der Waals surface area contributed by atoms with Crippen molar-refractivity contribution in [1.29, 1.82) is 0 Å². The fourth-order valence-electron chi connectivity index (χ4n) is 3.10. The summed E-state index contributed by atoms with van der Waals surface area (Å²) in [5, 5.41) is 10.2. The molecule has 12 heteroatoms. The molecule has 1 N–H and O–H groups in total. The Kier molecular flexibility index (Phi) is 8.47. The minimum absolute atomic E-state index is 0.00712. The Morgan fingerprint density at radius 3 is 2.29 bits per heavy atom. The number of aliphatic hydroxyl groups excluding tert-OH is 1. The SMILES string of the molecule is O=C(CCl)OC1C(O)OC2COC(C(=O)OCc3ccccc3)OC2C1OC(=O)CCl. The van der Waals surface area contributed by atoms with Crippen LogP contribution >= 0.6 is 23.2 Å². The van der Waals surface area contributed by atoms with E-state index >= 15 is 0 Å². The predicted molar refractivity (Wildman–Crippen MR) is 103 cm³/mol. The Morgan fingerprint density at radius 2 is 1.65 bits per heavy atom. The van der Waals surface area contributed by atoms with Crippen LogP contribution in [-0.2, 0) is 49.4 Å². The summed E-state index contributed by atoms with van der Waals surface area (Å²) in [5.41, 5.74) is 0.760. The minimum Gasteiger partial charge on any atom is -0.457 e. The number of hydrogen-bond acceptors (Lipinski definition) is 10. The van der Waals surface area contributed by atoms with Crippen LogP contribution in [0.1, 0.15) is 5.56 Å². The first kappa shape index (κ1) is 23.7. The van der Waals surface area contributed by atoms with Crippen molar-refractivity contribution >= 4 is 41.1 Å². The largest absolute Gasteiger partial charge is 0.457 e. The Labute approximate surface area is 187 Å². The summed E-state index contributed by atoms with van der Waals surface area (Å²) in [4.78, 5) is 35.9. The molecule has 10 nitrogen and oxygen atoms in total. The number of carbonyl (C=O) groups is 3. The second kappa shape index (κ2) is 11.1. The van der Waals surface area contributed by atoms with Crippen molar-refractivity contribution in [2.75, 3.05) is 18.4 Å². The number of esters is 3. The molecule has 170 valence electrons. The molecular formula is C19H20Cl2O10. The van der Waals surface area contributed by atoms with Crippen molar-refractivity contribution in [3.05, 3.63) is 35.9 Å². The summed E-state index contributed by atoms with van der Waals surface area (Å²) in [6, 6.07) is 8.97. The number of carbonyl (C=O) groups excluding carboxylic acids is 3. The highest BCUT2D eigenvalue weighted by Gasteiger charge is 2.54. The Morgan fingerprint density at radius 1 is 1.00 bits per heavy atom. The Bertz CT molecular complexity index is 776. The molecule has 6 atom stereocenters. The van der Waals surface area contributed by atoms with Crippen molar-refractivity contribution in [1.82, 2.24) is 0 Å². The third-order valence-electron chi connectivity index (χ3n) is 4.47. The maximum Gasteiger partial charge on any atom is 0.363 e. The molecule has 2 aliphatic heterocycles. The number of ether oxygens (including phenoxy) is 6. The van der Waals surface area contributed by atoms with Crippen LogP contribution in [0.5, 0.6) is 0 Å². The number of hydrogen-bond donors (Lipinski definition) is 1. The molecule has 2 aliphatic rings. The predicted octanol–water partition coefficient (Wildman–Crippen LogP) is 0.490. The lowest BCUT2D eigenvalue weighted by atomic mass is 9.97. The van der Waals surface area contributed by atoms with Crippen LogP contribution in [0.2, 0.25) is 0 Å². The van der Waals surface area contributed by atoms with Gasteiger partial charge in [0.25, 0.3) is 6.29 Å². The van der Waals surface area contributed by atoms with E-state index in [0.717, 1.165) is 5.56 Å². The van der Waals surface area contributed by atoms with Gasteiger partial charge in [0.2, 0.25) is 0 Å². The number of aliphatic hydroxyl groups is 1. The molecule has 1 aromatic rings. The monoisotopic (exact) mass is 478 g/mol. The Balaban J connectivity index is 1.71. The fourth-order valence-corrected chi connectivity index (χ4v) is 3.23. The van der Waals surface area contributed by atoms with Gasteiger partial charge < -0.3 is 33.5 Å². The average Bonchev–Trinajstić information content (AvgIpc) is 2.79. The summed E-state index contributed by atoms with van der Waals surface area (Å²) in [6.45, 7) is -0.190. The van der Waals surface area contributed by atoms with Crippen LogP contribution < -0.4 is 0 Å². The van der Waals surface area contributed by atoms with E-state index in [1.807, 2.05) is 6.07 Å². The second-order valence-electron chi connectivity index (χ2n) is 6.60. The van der Waals surface area contributed by atoms with Gasteiger partial charge in [-0.2, -0.15) is 0 Å². The van der Waals surface area contributed by atoms with Gasteiger partial charge in [0.15, 0.2) is 18.5 Å². The van der Waals surface area contributed by atoms with E-state index in [1.54, 1.807) is 24.3 Å². The normalized spacial score (nSPS) is 30.0. The molecule has 2 fully saturated rings. The van der Waals surface area contributed by atoms with Gasteiger partial charge in [-0.05, 0) is 5.56 Å². The first-order valence-electron chi connectivity index (χ1n) is 9.25. The van der Waals surface area contributed by atoms with E-state index in [2.05, 4.69) is 0 Å². The number of fused-ring (bicyclic) bond motifs is 1. The van der Waals surface area contributed by atoms with Crippen molar-refractivity contribution in [2.45, 2.75) is 43.6 Å². The lowest BCUT2D eigenvalue weighted by Gasteiger charge is -2.46. The summed E-state index contributed by atoms with van der Waals surface area (Å²) in [5.74, 6) is -3.56. The fraction of sp³-hybridized carbons (Fsp3) is 0.526. The van der Waals surface area contributed by atoms with Crippen LogP contribution in [-0.4, -0.2) is 78.4 Å². The molecule has 0 aliphatic carbocycles. The maximum absolute atomic E-state index is 12.4. The van der Waals surface area contributed by atoms with Crippen molar-refractivity contribution in [2.24, 2.45) is 0 Å². The van der Waals surface area contributed by atoms with E-state index in [9.17, 15) is 19.5 Å². The summed E-state index contributed by atoms with van der Waals surface area (Å²) in [6.07, 6.45) is -7.95. The molecule has 2 saturated heterocycles. The van der Waals surface area contributed by atoms with E-state index in [0.29, 0.717) is 0 Å². The lowest BCUT2D eigenvalue weighted by Crippen LogP contribution is -2.65. The third kappa shape index (κ3) is 6.06. The third-order valence-corrected chi connectivity index (χ3v) is 4.91. The van der Waals surface area contributed by atoms with E-state index in [-0.39, 0.29) is 13.2 Å². The van der Waals surface area contributed by atoms with Gasteiger partial charge in [0.1, 0.15) is 30.6 Å². The van der Waals surface area contributed by atoms with Gasteiger partial charge in [0.05, 0.1) is 6.61 Å². The highest BCUT2D eigenvalue weighted by molar-refractivity contribution is 6.26. The van der Waals surface area contributed by atoms with Crippen LogP contribution in [0.4, 0.5) is 0 Å². The zero-order valence-electron chi connectivity index (χ0n) is 16.1. The highest BCUT2D eigenvalue weighted by Crippen LogP contribution is 2.31. The van der Waals surface area contributed by atoms with E-state index in [4.69, 9.17) is 51.6 Å². The van der Waals surface area contributed by atoms with E-state index in [1.165, 1.54) is 0 Å². The zero-order chi connectivity index (χ0) is 22.4. The lowest BCUT2D eigenvalue weighted by molar-refractivity contribution is -0.349. The molecule has 2 heterocycles. The molecule has 0 radical (unpaired) electrons. The van der Waals surface area contributed by atoms with Crippen molar-refractivity contribution in [3.63, 3.8) is 0 Å². The molecular weight excluding hydrogens is 459 g/mol. The molecule has 0 amide bonds. The van der Waals surface area contributed by atoms with Crippen LogP contribution in [0.25, 0.3) is 0 Å². The summed E-state index contributed by atoms with van der Waals surface area (Å²) >= 11 is 11.0. The molecule has 0 spiro atoms. The van der Waals surface area contributed by atoms with Gasteiger partial charge in [0, 0.05) is 0 Å². The Hall–Kier alpha value is -1.95. The molecule has 6 unspecified atom stereocenters. The molecule has 0 aromatic heterocycles. The standard InChI is InChI=1S/C19H20Cl2O10/c20-6-12(22)29-15-14-11(28-17(24)16(15)30-13(23)7-21)9-27-19(31-14)18(25)26-8-10-4-2-1-3-5-10/h1-5,11,14-17,19,24H,6-9H2. The van der Waals surface area contributed by atoms with Crippen LogP contribution in [0, 0.1) is 0 Å². The van der Waals surface area contributed by atoms with Gasteiger partial charge in [-0.15, -0.1) is 23.2 Å². The zero-order valence-corrected chi connectivity index (χ0v) is 17.6. The number of alkyl halides is 2. The first-order chi connectivity index (χ1) is 14.9. The molecule has 0 saturated carbocycles. The molecule has 31 heavy (non-hydrogen) atoms. The minimum atomic E-state index is -1.66. The van der Waals surface area contributed by atoms with Crippen molar-refractivity contribution < 1.29 is 47.9 Å². The van der Waals surface area contributed by atoms with Gasteiger partial charge >= 0.3 is 17.9 Å². The van der Waals surface area contributed by atoms with Gasteiger partial charge in [-0.3, -0.25) is 9.59 Å². The van der Waals surface area contributed by atoms with Gasteiger partial charge in [-0.25, -0.2) is 4.79 Å². The van der Waals surface area contributed by atoms with Crippen molar-refractivity contribution in [3.8, 4) is 0 Å². The highest BCUT2D eigenvalue weighted by atomic mass is 35.5. The average molecular weight is 479 g/mol. The molecule has 3 rings (SSSR count). The molecule has 0 bridgehead atoms.